The lowest BCUT2D eigenvalue weighted by Crippen LogP contribution is -2.55. The van der Waals surface area contributed by atoms with Crippen LogP contribution < -0.4 is 0 Å². The number of benzene rings is 2. The molecule has 3 aromatic rings. The van der Waals surface area contributed by atoms with E-state index >= 15 is 0 Å². The fraction of sp³-hybridized carbons (Fsp3) is 0.484. The van der Waals surface area contributed by atoms with Crippen molar-refractivity contribution in [3.8, 4) is 16.9 Å². The van der Waals surface area contributed by atoms with E-state index in [0.29, 0.717) is 39.0 Å². The van der Waals surface area contributed by atoms with Gasteiger partial charge in [-0.15, -0.1) is 0 Å². The van der Waals surface area contributed by atoms with Crippen molar-refractivity contribution < 1.29 is 4.79 Å². The quantitative estimate of drug-likeness (QED) is 0.286. The van der Waals surface area contributed by atoms with Crippen LogP contribution in [0.2, 0.25) is 15.1 Å². The van der Waals surface area contributed by atoms with E-state index in [-0.39, 0.29) is 5.91 Å². The first-order valence-corrected chi connectivity index (χ1v) is 15.1. The van der Waals surface area contributed by atoms with Crippen LogP contribution in [0.15, 0.2) is 42.5 Å². The number of carbonyl (C=O) groups excluding carboxylic acids is 1. The number of nitrogens with zero attached hydrogens (tertiary/aromatic N) is 4. The molecule has 4 aliphatic rings. The maximum Gasteiger partial charge on any atom is 0.274 e. The zero-order valence-corrected chi connectivity index (χ0v) is 25.0. The Kier molecular flexibility index (Phi) is 7.47. The second-order valence-corrected chi connectivity index (χ2v) is 13.2. The van der Waals surface area contributed by atoms with Crippen LogP contribution in [0.3, 0.4) is 0 Å². The lowest BCUT2D eigenvalue weighted by Gasteiger charge is -2.56. The minimum Gasteiger partial charge on any atom is -0.339 e. The van der Waals surface area contributed by atoms with Gasteiger partial charge in [0.25, 0.3) is 5.91 Å². The molecule has 206 valence electrons. The van der Waals surface area contributed by atoms with Crippen molar-refractivity contribution in [3.05, 3.63) is 68.8 Å². The second-order valence-electron chi connectivity index (χ2n) is 12.0. The van der Waals surface area contributed by atoms with Gasteiger partial charge < -0.3 is 9.80 Å². The Morgan fingerprint density at radius 2 is 1.51 bits per heavy atom. The maximum atomic E-state index is 13.8. The number of hydrogen-bond donors (Lipinski definition) is 0. The smallest absolute Gasteiger partial charge is 0.274 e. The van der Waals surface area contributed by atoms with Crippen molar-refractivity contribution in [3.63, 3.8) is 0 Å². The molecule has 0 radical (unpaired) electrons. The lowest BCUT2D eigenvalue weighted by molar-refractivity contribution is -0.0581. The third-order valence-electron chi connectivity index (χ3n) is 9.40. The van der Waals surface area contributed by atoms with E-state index in [2.05, 4.69) is 11.9 Å². The van der Waals surface area contributed by atoms with Crippen molar-refractivity contribution in [2.24, 2.45) is 23.7 Å². The molecule has 1 amide bonds. The van der Waals surface area contributed by atoms with E-state index in [0.717, 1.165) is 47.0 Å². The van der Waals surface area contributed by atoms with Gasteiger partial charge in [0.1, 0.15) is 0 Å². The number of aromatic nitrogens is 2. The number of likely N-dealkylation sites (N-methyl/N-ethyl adjacent to an activating group) is 2. The maximum absolute atomic E-state index is 13.8. The Morgan fingerprint density at radius 3 is 2.13 bits per heavy atom. The topological polar surface area (TPSA) is 41.4 Å². The minimum atomic E-state index is -0.0926. The number of rotatable bonds is 7. The number of hydrogen-bond acceptors (Lipinski definition) is 3. The Balaban J connectivity index is 1.24. The summed E-state index contributed by atoms with van der Waals surface area (Å²) < 4.78 is 1.75. The number of amides is 1. The van der Waals surface area contributed by atoms with Gasteiger partial charge in [-0.25, -0.2) is 4.68 Å². The van der Waals surface area contributed by atoms with E-state index in [1.807, 2.05) is 44.3 Å². The van der Waals surface area contributed by atoms with E-state index in [1.165, 1.54) is 32.1 Å². The molecule has 0 atom stereocenters. The van der Waals surface area contributed by atoms with Crippen LogP contribution in [0.25, 0.3) is 16.9 Å². The summed E-state index contributed by atoms with van der Waals surface area (Å²) in [5.41, 5.74) is 3.59. The first kappa shape index (κ1) is 27.1. The molecular weight excluding hydrogens is 551 g/mol. The van der Waals surface area contributed by atoms with E-state index in [1.54, 1.807) is 21.7 Å². The second kappa shape index (κ2) is 10.7. The van der Waals surface area contributed by atoms with Crippen LogP contribution in [-0.2, 0) is 0 Å². The fourth-order valence-electron chi connectivity index (χ4n) is 7.83. The normalized spacial score (nSPS) is 25.5. The Morgan fingerprint density at radius 1 is 0.897 bits per heavy atom. The molecule has 8 heteroatoms. The molecule has 1 heterocycles. The summed E-state index contributed by atoms with van der Waals surface area (Å²) in [6.45, 7) is 3.46. The van der Waals surface area contributed by atoms with Crippen LogP contribution in [0.5, 0.6) is 0 Å². The highest BCUT2D eigenvalue weighted by molar-refractivity contribution is 6.35. The SMILES string of the molecule is Cc1c(C(=O)N(C)CCN(C)C2[C@H]3C[C@@H]4C[C@@H](C[C@H]2C4)C3)nn(-c2ccc(Cl)cc2Cl)c1-c1ccc(Cl)cc1. The van der Waals surface area contributed by atoms with Gasteiger partial charge >= 0.3 is 0 Å². The molecule has 1 aromatic heterocycles. The van der Waals surface area contributed by atoms with Gasteiger partial charge in [-0.3, -0.25) is 4.79 Å². The van der Waals surface area contributed by atoms with E-state index in [9.17, 15) is 4.79 Å². The highest BCUT2D eigenvalue weighted by atomic mass is 35.5. The van der Waals surface area contributed by atoms with E-state index in [4.69, 9.17) is 39.9 Å². The molecule has 0 N–H and O–H groups in total. The van der Waals surface area contributed by atoms with Crippen molar-refractivity contribution in [1.29, 1.82) is 0 Å². The minimum absolute atomic E-state index is 0.0926. The Bertz CT molecular complexity index is 1360. The highest BCUT2D eigenvalue weighted by Crippen LogP contribution is 2.54. The van der Waals surface area contributed by atoms with Gasteiger partial charge in [0, 0.05) is 47.4 Å². The monoisotopic (exact) mass is 584 g/mol. The molecule has 2 aromatic carbocycles. The van der Waals surface area contributed by atoms with Crippen molar-refractivity contribution in [1.82, 2.24) is 19.6 Å². The highest BCUT2D eigenvalue weighted by Gasteiger charge is 2.49. The summed E-state index contributed by atoms with van der Waals surface area (Å²) >= 11 is 18.9. The van der Waals surface area contributed by atoms with Gasteiger partial charge in [-0.05, 0) is 100 Å². The zero-order valence-electron chi connectivity index (χ0n) is 22.7. The van der Waals surface area contributed by atoms with Crippen LogP contribution in [0.1, 0.15) is 48.2 Å². The number of halogens is 3. The molecule has 0 unspecified atom stereocenters. The molecule has 0 saturated heterocycles. The average Bonchev–Trinajstić information content (AvgIpc) is 3.23. The van der Waals surface area contributed by atoms with Crippen LogP contribution in [0.4, 0.5) is 0 Å². The molecule has 5 nitrogen and oxygen atoms in total. The standard InChI is InChI=1S/C31H35Cl3N4O/c1-18-28(31(39)37(3)11-10-36(2)30-22-13-19-12-20(15-22)16-23(30)14-19)35-38(27-9-8-25(33)17-26(27)34)29(18)21-4-6-24(32)7-5-21/h4-9,17,19-20,22-23,30H,10-16H2,1-3H3/t19-,20+,22-,23+,30?. The van der Waals surface area contributed by atoms with Crippen LogP contribution in [-0.4, -0.2) is 58.7 Å². The summed E-state index contributed by atoms with van der Waals surface area (Å²) in [7, 11) is 4.13. The van der Waals surface area contributed by atoms with Crippen molar-refractivity contribution in [2.45, 2.75) is 45.1 Å². The molecule has 4 saturated carbocycles. The largest absolute Gasteiger partial charge is 0.339 e. The van der Waals surface area contributed by atoms with Gasteiger partial charge in [0.15, 0.2) is 5.69 Å². The first-order valence-electron chi connectivity index (χ1n) is 14.0. The summed E-state index contributed by atoms with van der Waals surface area (Å²) in [6.07, 6.45) is 7.05. The van der Waals surface area contributed by atoms with Gasteiger partial charge in [0.2, 0.25) is 0 Å². The summed E-state index contributed by atoms with van der Waals surface area (Å²) in [5, 5.41) is 6.47. The Hall–Kier alpha value is -2.05. The third kappa shape index (κ3) is 5.12. The van der Waals surface area contributed by atoms with Gasteiger partial charge in [-0.1, -0.05) is 46.9 Å². The average molecular weight is 586 g/mol. The number of carbonyl (C=O) groups is 1. The fourth-order valence-corrected chi connectivity index (χ4v) is 8.44. The summed E-state index contributed by atoms with van der Waals surface area (Å²) in [5.74, 6) is 3.49. The molecule has 4 bridgehead atoms. The Labute approximate surface area is 246 Å². The predicted octanol–water partition coefficient (Wildman–Crippen LogP) is 7.64. The summed E-state index contributed by atoms with van der Waals surface area (Å²) in [6, 6.07) is 13.5. The lowest BCUT2D eigenvalue weighted by atomic mass is 9.54. The van der Waals surface area contributed by atoms with E-state index < -0.39 is 0 Å². The van der Waals surface area contributed by atoms with Crippen LogP contribution in [0, 0.1) is 30.6 Å². The third-order valence-corrected chi connectivity index (χ3v) is 10.2. The van der Waals surface area contributed by atoms with Gasteiger partial charge in [0.05, 0.1) is 16.4 Å². The first-order chi connectivity index (χ1) is 18.7. The predicted molar refractivity (Wildman–Crippen MR) is 159 cm³/mol. The molecule has 0 spiro atoms. The van der Waals surface area contributed by atoms with Crippen molar-refractivity contribution >= 4 is 40.7 Å². The van der Waals surface area contributed by atoms with Crippen LogP contribution >= 0.6 is 34.8 Å². The molecule has 4 aliphatic carbocycles. The molecule has 7 rings (SSSR count). The molecule has 39 heavy (non-hydrogen) atoms. The van der Waals surface area contributed by atoms with Crippen molar-refractivity contribution in [2.75, 3.05) is 27.2 Å². The molecule has 0 aliphatic heterocycles. The molecular formula is C31H35Cl3N4O. The zero-order chi connectivity index (χ0) is 27.4. The summed E-state index contributed by atoms with van der Waals surface area (Å²) in [4.78, 5) is 18.1. The molecule has 4 fully saturated rings. The van der Waals surface area contributed by atoms with Gasteiger partial charge in [-0.2, -0.15) is 5.10 Å².